The van der Waals surface area contributed by atoms with E-state index in [-0.39, 0.29) is 150 Å². The Balaban J connectivity index is 1.11. The Morgan fingerprint density at radius 2 is 1.09 bits per heavy atom. The molecule has 0 bridgehead atoms. The molecule has 150 heavy (non-hydrogen) atoms. The van der Waals surface area contributed by atoms with Gasteiger partial charge in [0.2, 0.25) is 94.5 Å². The lowest BCUT2D eigenvalue weighted by atomic mass is 10.0. The number of hydrogen-bond acceptors (Lipinski definition) is 31. The lowest BCUT2D eigenvalue weighted by molar-refractivity contribution is -0.152. The van der Waals surface area contributed by atoms with Gasteiger partial charge in [-0.1, -0.05) is 109 Å². The number of carbonyl (C=O) groups is 18. The summed E-state index contributed by atoms with van der Waals surface area (Å²) in [5.74, 6) is -19.8. The molecule has 4 aliphatic heterocycles. The highest BCUT2D eigenvalue weighted by Gasteiger charge is 2.46. The van der Waals surface area contributed by atoms with Gasteiger partial charge in [-0.15, -0.1) is 0 Å². The normalized spacial score (nSPS) is 21.1. The molecule has 4 aliphatic rings. The zero-order chi connectivity index (χ0) is 109. The minimum atomic E-state index is -1.99. The fourth-order valence-corrected chi connectivity index (χ4v) is 19.7. The van der Waals surface area contributed by atoms with Gasteiger partial charge >= 0.3 is 12.1 Å². The van der Waals surface area contributed by atoms with Crippen molar-refractivity contribution in [2.75, 3.05) is 64.0 Å². The number of aromatic nitrogens is 2. The van der Waals surface area contributed by atoms with E-state index in [2.05, 4.69) is 91.3 Å². The number of nitrogens with one attached hydrogen (secondary N) is 16. The van der Waals surface area contributed by atoms with E-state index in [0.29, 0.717) is 64.9 Å². The number of aliphatic hydroxyl groups is 1. The van der Waals surface area contributed by atoms with E-state index >= 15 is 38.4 Å². The van der Waals surface area contributed by atoms with Crippen molar-refractivity contribution in [1.29, 1.82) is 5.41 Å². The maximum Gasteiger partial charge on any atom is 0.413 e. The Bertz CT molecular complexity index is 5410. The molecule has 5 aromatic rings. The number of carbonyl (C=O) groups excluding carboxylic acids is 17. The number of likely N-dealkylation sites (tertiary alicyclic amines) is 2. The van der Waals surface area contributed by atoms with Crippen molar-refractivity contribution in [2.45, 2.75) is 271 Å². The first-order chi connectivity index (χ1) is 71.8. The molecule has 4 aromatic carbocycles. The number of aromatic hydroxyl groups is 4. The van der Waals surface area contributed by atoms with Crippen LogP contribution in [0.3, 0.4) is 0 Å². The van der Waals surface area contributed by atoms with Crippen LogP contribution >= 0.6 is 21.6 Å². The molecule has 0 radical (unpaired) electrons. The van der Waals surface area contributed by atoms with Crippen LogP contribution in [0.1, 0.15) is 170 Å². The summed E-state index contributed by atoms with van der Waals surface area (Å²) in [4.78, 5) is 273. The molecule has 17 amide bonds. The molecule has 818 valence electrons. The van der Waals surface area contributed by atoms with E-state index < -0.39 is 259 Å². The number of phenols is 4. The van der Waals surface area contributed by atoms with Crippen molar-refractivity contribution < 1.29 is 122 Å². The number of benzene rings is 4. The van der Waals surface area contributed by atoms with Crippen molar-refractivity contribution >= 4 is 134 Å². The lowest BCUT2D eigenvalue weighted by Crippen LogP contribution is -2.61. The number of hydrogen-bond donors (Lipinski definition) is 26. The molecule has 0 spiro atoms. The number of amides is 17. The molecule has 4 saturated heterocycles. The Morgan fingerprint density at radius 1 is 0.553 bits per heavy atom. The van der Waals surface area contributed by atoms with Gasteiger partial charge in [0.05, 0.1) is 31.6 Å². The number of carboxylic acids is 1. The summed E-state index contributed by atoms with van der Waals surface area (Å²) in [5, 5.41) is 107. The van der Waals surface area contributed by atoms with E-state index in [1.165, 1.54) is 131 Å². The molecule has 16 atom stereocenters. The zero-order valence-electron chi connectivity index (χ0n) is 83.7. The van der Waals surface area contributed by atoms with Gasteiger partial charge in [0.1, 0.15) is 108 Å². The van der Waals surface area contributed by atoms with Gasteiger partial charge in [0.15, 0.2) is 5.96 Å². The molecule has 9 rings (SSSR count). The molecule has 1 aromatic heterocycles. The molecule has 51 heteroatoms. The van der Waals surface area contributed by atoms with E-state index in [4.69, 9.17) is 33.1 Å². The van der Waals surface area contributed by atoms with E-state index in [0.717, 1.165) is 32.1 Å². The Morgan fingerprint density at radius 3 is 1.71 bits per heavy atom. The van der Waals surface area contributed by atoms with Crippen LogP contribution in [0.15, 0.2) is 110 Å². The second kappa shape index (κ2) is 60.9. The topological polar surface area (TPSA) is 773 Å². The van der Waals surface area contributed by atoms with Gasteiger partial charge < -0.3 is 147 Å². The number of imidazole rings is 1. The van der Waals surface area contributed by atoms with Gasteiger partial charge in [-0.25, -0.2) is 14.6 Å². The monoisotopic (exact) mass is 2130 g/mol. The molecule has 5 heterocycles. The minimum Gasteiger partial charge on any atom is -0.508 e. The quantitative estimate of drug-likeness (QED) is 0.00829. The summed E-state index contributed by atoms with van der Waals surface area (Å²) in [6.45, 7) is 2.06. The van der Waals surface area contributed by atoms with Crippen LogP contribution in [0.25, 0.3) is 0 Å². The third-order valence-electron chi connectivity index (χ3n) is 25.7. The summed E-state index contributed by atoms with van der Waals surface area (Å²) in [7, 11) is 1.37. The minimum absolute atomic E-state index is 0.00577. The average Bonchev–Trinajstić information content (AvgIpc) is 1.65. The largest absolute Gasteiger partial charge is 0.508 e. The number of nitrogens with zero attached hydrogens (tertiary/aromatic N) is 4. The summed E-state index contributed by atoms with van der Waals surface area (Å²) in [5.41, 5.74) is 26.1. The fraction of sp³-hybridized carbons (Fsp3) is 0.535. The van der Waals surface area contributed by atoms with Crippen LogP contribution < -0.4 is 97.4 Å². The highest BCUT2D eigenvalue weighted by molar-refractivity contribution is 8.76. The summed E-state index contributed by atoms with van der Waals surface area (Å²) in [6.07, 6.45) is 5.38. The standard InChI is InChI=1S/C99H140N24O25S2/c1-3-4-5-6-7-10-45-148-99(147)120-98(104)107-40-11-16-68-84(132)114-72(48-59-24-32-64(127)33-25-59)87(135)118-76(91(139)116-71(47-58-22-30-63(126)31-23-58)86(134)111-69(36-37-81(103)129)85(133)112-70(15-8-9-39-100)95(143)122-43-13-18-79(122)96(144)123-44-14-19-80(123)97(145)146)53-149-150-54-77(92(140)117-75(52-124)90(138)109-56(2)94(142)121-42-12-17-78(121)93(141)106-41-38-66(101)82(130)110-68)119-88(136)73(49-60-26-34-65(128)35-27-60)115-89(137)74(50-61-51-105-55-108-61)113-83(131)67(102)46-57-20-28-62(125)29-21-57/h20-35,51,55-56,66-80,124-128H,3-19,36-50,52-54,100-102H2,1-2H3,(H2,103,129)(H,105,108)(H,106,141)(H,109,138)(H,110,130)(H,111,134)(H,112,133)(H,113,131)(H,114,132)(H,115,137)(H,116,139)(H,117,140)(H,118,135)(H,119,136)(H,145,146)(H3,104,107,120,147)/t56-,66-,67-,68-,69-,70-,71-,72-,73-,74-,75-,76-,77-,78+,79+,80-/m0/s1. The molecule has 4 fully saturated rings. The molecule has 30 N–H and O–H groups in total. The molecular weight excluding hydrogens is 1990 g/mol. The number of unbranched alkanes of at least 4 members (excludes halogenated alkanes) is 6. The smallest absolute Gasteiger partial charge is 0.413 e. The van der Waals surface area contributed by atoms with E-state index in [9.17, 15) is 78.6 Å². The Kier molecular flexibility index (Phi) is 48.3. The van der Waals surface area contributed by atoms with Gasteiger partial charge in [0.25, 0.3) is 0 Å². The lowest BCUT2D eigenvalue weighted by Gasteiger charge is -2.33. The summed E-state index contributed by atoms with van der Waals surface area (Å²) >= 11 is 0. The number of ether oxygens (including phenoxy) is 1. The third kappa shape index (κ3) is 38.3. The zero-order valence-corrected chi connectivity index (χ0v) is 85.4. The van der Waals surface area contributed by atoms with Gasteiger partial charge in [-0.2, -0.15) is 0 Å². The highest BCUT2D eigenvalue weighted by atomic mass is 33.1. The highest BCUT2D eigenvalue weighted by Crippen LogP contribution is 2.30. The predicted octanol–water partition coefficient (Wildman–Crippen LogP) is -2.51. The van der Waals surface area contributed by atoms with Crippen LogP contribution in [0.4, 0.5) is 4.79 Å². The first-order valence-corrected chi connectivity index (χ1v) is 52.8. The number of fused-ring (bicyclic) bond motifs is 1. The number of phenolic OH excluding ortho intramolecular Hbond substituents is 4. The van der Waals surface area contributed by atoms with Crippen molar-refractivity contribution in [3.8, 4) is 23.0 Å². The number of carboxylic acid groups (broad SMARTS) is 1. The van der Waals surface area contributed by atoms with Crippen LogP contribution in [0.5, 0.6) is 23.0 Å². The maximum atomic E-state index is 16.0. The van der Waals surface area contributed by atoms with Crippen molar-refractivity contribution in [2.24, 2.45) is 22.9 Å². The average molecular weight is 2130 g/mol. The Hall–Kier alpha value is -14.4. The maximum absolute atomic E-state index is 16.0. The second-order valence-corrected chi connectivity index (χ2v) is 39.9. The molecule has 49 nitrogen and oxygen atoms in total. The van der Waals surface area contributed by atoms with Crippen LogP contribution in [-0.4, -0.2) is 329 Å². The number of aromatic amines is 1. The summed E-state index contributed by atoms with van der Waals surface area (Å²) < 4.78 is 5.28. The Labute approximate surface area is 874 Å². The van der Waals surface area contributed by atoms with Gasteiger partial charge in [-0.05, 0) is 181 Å². The van der Waals surface area contributed by atoms with Gasteiger partial charge in [-0.3, -0.25) is 87.4 Å². The number of aliphatic carboxylic acids is 1. The third-order valence-corrected chi connectivity index (χ3v) is 28.2. The predicted molar refractivity (Wildman–Crippen MR) is 548 cm³/mol. The van der Waals surface area contributed by atoms with Crippen molar-refractivity contribution in [1.82, 2.24) is 99.1 Å². The number of alkyl carbamates (subject to hydrolysis) is 1. The van der Waals surface area contributed by atoms with Crippen LogP contribution in [0.2, 0.25) is 0 Å². The second-order valence-electron chi connectivity index (χ2n) is 37.3. The number of primary amides is 1. The number of nitrogens with two attached hydrogens (primary N) is 4. The van der Waals surface area contributed by atoms with E-state index in [1.54, 1.807) is 0 Å². The number of rotatable bonds is 44. The van der Waals surface area contributed by atoms with Crippen LogP contribution in [0, 0.1) is 5.41 Å². The number of guanidine groups is 1. The van der Waals surface area contributed by atoms with E-state index in [1.807, 2.05) is 0 Å². The fourth-order valence-electron chi connectivity index (χ4n) is 17.4. The van der Waals surface area contributed by atoms with Gasteiger partial charge in [0, 0.05) is 88.2 Å². The SMILES string of the molecule is CCCCCCCCOC(=O)NC(=N)NCCC[C@@H]1NC(=O)[C@@H](N)CCNC(=O)[C@H]2CCCN2C(=O)[C@H](C)NC(=O)[C@H](CO)NC(=O)[C@@H](NC(=O)[C@H](Cc2ccc(O)cc2)NC(=O)[C@H](Cc2cnc[nH]2)NC(=O)[C@@H](N)Cc2ccc(O)cc2)CSSC[C@@H](C(=O)N[C@@H](Cc2ccc(O)cc2)C(=O)N[C@@H](CCC(N)=O)C(=O)N[C@@H](CCCCN)C(=O)N2CCC[C@@H]2C(=O)N2CCC[C@H]2C(=O)O)NC(=O)[C@H](Cc2ccc(O)cc2)NC1=O. The molecule has 0 aliphatic carbocycles. The molecule has 0 saturated carbocycles. The molecular formula is C99H140N24O25S2. The first-order valence-electron chi connectivity index (χ1n) is 50.3. The first kappa shape index (κ1) is 119. The van der Waals surface area contributed by atoms with Crippen molar-refractivity contribution in [3.05, 3.63) is 138 Å². The summed E-state index contributed by atoms with van der Waals surface area (Å²) in [6, 6.07) is -3.87. The van der Waals surface area contributed by atoms with Crippen molar-refractivity contribution in [3.63, 3.8) is 0 Å². The number of aliphatic hydroxyl groups excluding tert-OH is 1. The van der Waals surface area contributed by atoms with Crippen LogP contribution in [-0.2, 0) is 118 Å². The molecule has 0 unspecified atom stereocenters. The number of H-pyrrole nitrogens is 1.